The van der Waals surface area contributed by atoms with Gasteiger partial charge in [-0.15, -0.1) is 0 Å². The number of halogens is 2. The molecule has 2 aliphatic carbocycles. The first-order chi connectivity index (χ1) is 17.1. The van der Waals surface area contributed by atoms with Crippen molar-refractivity contribution >= 4 is 28.5 Å². The summed E-state index contributed by atoms with van der Waals surface area (Å²) in [5.41, 5.74) is 0.509. The lowest BCUT2D eigenvalue weighted by molar-refractivity contribution is -0.127. The lowest BCUT2D eigenvalue weighted by atomic mass is 9.96. The summed E-state index contributed by atoms with van der Waals surface area (Å²) >= 11 is 0. The fraction of sp³-hybridized carbons (Fsp3) is 0.538. The molecule has 8 nitrogen and oxygen atoms in total. The Bertz CT molecular complexity index is 1270. The molecular weight excluding hydrogens is 470 g/mol. The average Bonchev–Trinajstić information content (AvgIpc) is 3.34. The molecule has 1 saturated heterocycles. The predicted octanol–water partition coefficient (Wildman–Crippen LogP) is 3.63. The van der Waals surface area contributed by atoms with Crippen molar-refractivity contribution in [2.75, 3.05) is 6.54 Å². The third kappa shape index (κ3) is 4.10. The summed E-state index contributed by atoms with van der Waals surface area (Å²) in [6.07, 6.45) is 2.30. The number of hydrogen-bond acceptors (Lipinski definition) is 5. The predicted molar refractivity (Wildman–Crippen MR) is 125 cm³/mol. The number of nitriles is 1. The van der Waals surface area contributed by atoms with Crippen LogP contribution in [0.4, 0.5) is 8.78 Å². The van der Waals surface area contributed by atoms with Crippen LogP contribution in [0.25, 0.3) is 10.9 Å². The molecule has 1 aliphatic heterocycles. The summed E-state index contributed by atoms with van der Waals surface area (Å²) in [5.74, 6) is -0.895. The molecule has 2 heterocycles. The number of amides is 2. The summed E-state index contributed by atoms with van der Waals surface area (Å²) < 4.78 is 30.2. The van der Waals surface area contributed by atoms with Gasteiger partial charge in [0.1, 0.15) is 29.3 Å². The van der Waals surface area contributed by atoms with Crippen LogP contribution in [0.2, 0.25) is 0 Å². The van der Waals surface area contributed by atoms with E-state index in [1.807, 2.05) is 0 Å². The summed E-state index contributed by atoms with van der Waals surface area (Å²) in [4.78, 5) is 43.5. The first-order valence-corrected chi connectivity index (χ1v) is 12.2. The Morgan fingerprint density at radius 3 is 2.81 bits per heavy atom. The number of hydrogen-bond donors (Lipinski definition) is 2. The number of alkyl halides is 2. The number of Topliss-reactive ketones (excluding diaryl/α,β-unsaturated/α-hetero) is 1. The number of carbonyl (C=O) groups is 3. The first-order valence-electron chi connectivity index (χ1n) is 12.2. The molecule has 2 saturated carbocycles. The van der Waals surface area contributed by atoms with Gasteiger partial charge in [0.05, 0.1) is 6.07 Å². The number of ketones is 1. The van der Waals surface area contributed by atoms with Crippen LogP contribution in [-0.4, -0.2) is 52.7 Å². The minimum Gasteiger partial charge on any atom is -0.434 e. The van der Waals surface area contributed by atoms with Crippen molar-refractivity contribution in [3.8, 4) is 11.8 Å². The number of aromatic nitrogens is 1. The summed E-state index contributed by atoms with van der Waals surface area (Å²) in [6, 6.07) is 6.58. The maximum absolute atomic E-state index is 13.5. The van der Waals surface area contributed by atoms with E-state index in [9.17, 15) is 28.4 Å². The Balaban J connectivity index is 1.37. The second kappa shape index (κ2) is 8.87. The van der Waals surface area contributed by atoms with Gasteiger partial charge in [-0.3, -0.25) is 14.4 Å². The van der Waals surface area contributed by atoms with Crippen molar-refractivity contribution in [3.63, 3.8) is 0 Å². The topological polar surface area (TPSA) is 115 Å². The molecule has 0 spiro atoms. The van der Waals surface area contributed by atoms with Crippen molar-refractivity contribution in [2.45, 2.75) is 58.2 Å². The Kier molecular flexibility index (Phi) is 5.97. The number of likely N-dealkylation sites (tertiary alicyclic amines) is 1. The van der Waals surface area contributed by atoms with Crippen LogP contribution in [0.15, 0.2) is 24.3 Å². The minimum atomic E-state index is -3.00. The number of nitrogens with zero attached hydrogens (tertiary/aromatic N) is 2. The Morgan fingerprint density at radius 2 is 2.14 bits per heavy atom. The third-order valence-corrected chi connectivity index (χ3v) is 8.23. The van der Waals surface area contributed by atoms with Gasteiger partial charge < -0.3 is 19.9 Å². The summed E-state index contributed by atoms with van der Waals surface area (Å²) in [6.45, 7) is 1.49. The maximum Gasteiger partial charge on any atom is 0.387 e. The molecule has 3 fully saturated rings. The number of H-pyrrole nitrogens is 1. The SMILES string of the molecule is CC1(C)[C@@H]2[C@@H](C(=O)N[C@H](C#N)C[C@@H]3CCCC3=O)N(C(=O)c3cc4c(OC(F)F)cccc4[nH]3)C[C@@H]21. The van der Waals surface area contributed by atoms with Gasteiger partial charge in [-0.05, 0) is 54.7 Å². The van der Waals surface area contributed by atoms with Crippen molar-refractivity contribution in [1.29, 1.82) is 5.26 Å². The van der Waals surface area contributed by atoms with Crippen LogP contribution in [0.3, 0.4) is 0 Å². The fourth-order valence-electron chi connectivity index (χ4n) is 6.21. The summed E-state index contributed by atoms with van der Waals surface area (Å²) in [5, 5.41) is 12.8. The quantitative estimate of drug-likeness (QED) is 0.605. The average molecular weight is 499 g/mol. The normalized spacial score (nSPS) is 27.1. The zero-order valence-electron chi connectivity index (χ0n) is 20.1. The molecule has 2 amide bonds. The molecule has 3 aliphatic rings. The molecule has 1 aromatic carbocycles. The molecule has 2 aromatic rings. The third-order valence-electron chi connectivity index (χ3n) is 8.23. The van der Waals surface area contributed by atoms with Crippen molar-refractivity contribution in [3.05, 3.63) is 30.0 Å². The molecule has 10 heteroatoms. The Morgan fingerprint density at radius 1 is 1.36 bits per heavy atom. The Hall–Kier alpha value is -3.48. The largest absolute Gasteiger partial charge is 0.434 e. The number of rotatable bonds is 7. The zero-order valence-corrected chi connectivity index (χ0v) is 20.1. The maximum atomic E-state index is 13.5. The highest BCUT2D eigenvalue weighted by Gasteiger charge is 2.69. The van der Waals surface area contributed by atoms with E-state index in [0.29, 0.717) is 23.9 Å². The number of piperidine rings is 1. The van der Waals surface area contributed by atoms with Gasteiger partial charge >= 0.3 is 6.61 Å². The van der Waals surface area contributed by atoms with Crippen LogP contribution in [0.1, 0.15) is 50.0 Å². The number of carbonyl (C=O) groups excluding carboxylic acids is 3. The molecule has 5 rings (SSSR count). The highest BCUT2D eigenvalue weighted by atomic mass is 19.3. The second-order valence-electron chi connectivity index (χ2n) is 10.6. The standard InChI is InChI=1S/C26H28F2N4O4/c1-26(2)16-12-32(24(35)18-10-15-17(31-18)6-4-8-20(15)36-25(27)28)22(21(16)26)23(34)30-14(11-29)9-13-5-3-7-19(13)33/h4,6,8,10,13-14,16,21-22,25,31H,3,5,7,9,12H2,1-2H3,(H,30,34)/t13-,14-,16-,21-,22-/m0/s1. The monoisotopic (exact) mass is 498 g/mol. The summed E-state index contributed by atoms with van der Waals surface area (Å²) in [7, 11) is 0. The molecule has 1 aromatic heterocycles. The lowest BCUT2D eigenvalue weighted by Crippen LogP contribution is -2.52. The lowest BCUT2D eigenvalue weighted by Gasteiger charge is -2.30. The number of ether oxygens (including phenoxy) is 1. The van der Waals surface area contributed by atoms with E-state index < -0.39 is 30.5 Å². The molecule has 2 N–H and O–H groups in total. The fourth-order valence-corrected chi connectivity index (χ4v) is 6.21. The van der Waals surface area contributed by atoms with Crippen LogP contribution in [0.5, 0.6) is 5.75 Å². The number of aromatic amines is 1. The van der Waals surface area contributed by atoms with E-state index in [1.54, 1.807) is 12.1 Å². The number of fused-ring (bicyclic) bond motifs is 2. The highest BCUT2D eigenvalue weighted by molar-refractivity contribution is 6.02. The minimum absolute atomic E-state index is 0.0455. The number of nitrogens with one attached hydrogen (secondary N) is 2. The molecule has 0 radical (unpaired) electrons. The molecule has 36 heavy (non-hydrogen) atoms. The Labute approximate surface area is 207 Å². The van der Waals surface area contributed by atoms with Gasteiger partial charge in [-0.25, -0.2) is 0 Å². The van der Waals surface area contributed by atoms with Gasteiger partial charge in [-0.1, -0.05) is 19.9 Å². The zero-order chi connectivity index (χ0) is 25.8. The molecule has 190 valence electrons. The van der Waals surface area contributed by atoms with E-state index in [0.717, 1.165) is 12.8 Å². The van der Waals surface area contributed by atoms with Crippen LogP contribution >= 0.6 is 0 Å². The van der Waals surface area contributed by atoms with E-state index in [4.69, 9.17) is 0 Å². The van der Waals surface area contributed by atoms with Gasteiger partial charge in [-0.2, -0.15) is 14.0 Å². The van der Waals surface area contributed by atoms with E-state index in [-0.39, 0.29) is 46.8 Å². The van der Waals surface area contributed by atoms with Gasteiger partial charge in [0.2, 0.25) is 5.91 Å². The first kappa shape index (κ1) is 24.2. The van der Waals surface area contributed by atoms with E-state index in [1.165, 1.54) is 17.0 Å². The highest BCUT2D eigenvalue weighted by Crippen LogP contribution is 2.65. The molecular formula is C26H28F2N4O4. The molecule has 0 unspecified atom stereocenters. The van der Waals surface area contributed by atoms with Crippen LogP contribution in [-0.2, 0) is 9.59 Å². The second-order valence-corrected chi connectivity index (χ2v) is 10.6. The van der Waals surface area contributed by atoms with Crippen molar-refractivity contribution in [1.82, 2.24) is 15.2 Å². The van der Waals surface area contributed by atoms with Gasteiger partial charge in [0.15, 0.2) is 0 Å². The molecule has 0 bridgehead atoms. The van der Waals surface area contributed by atoms with E-state index in [2.05, 4.69) is 35.0 Å². The number of benzene rings is 1. The van der Waals surface area contributed by atoms with Crippen LogP contribution in [0, 0.1) is 34.5 Å². The van der Waals surface area contributed by atoms with Crippen molar-refractivity contribution in [2.24, 2.45) is 23.2 Å². The molecule has 5 atom stereocenters. The van der Waals surface area contributed by atoms with Gasteiger partial charge in [0.25, 0.3) is 5.91 Å². The van der Waals surface area contributed by atoms with Crippen molar-refractivity contribution < 1.29 is 27.9 Å². The smallest absolute Gasteiger partial charge is 0.387 e. The van der Waals surface area contributed by atoms with E-state index >= 15 is 0 Å². The van der Waals surface area contributed by atoms with Crippen LogP contribution < -0.4 is 10.1 Å². The van der Waals surface area contributed by atoms with Gasteiger partial charge in [0, 0.05) is 29.8 Å².